The van der Waals surface area contributed by atoms with Gasteiger partial charge in [-0.2, -0.15) is 0 Å². The van der Waals surface area contributed by atoms with Gasteiger partial charge in [-0.25, -0.2) is 14.8 Å². The van der Waals surface area contributed by atoms with E-state index in [4.69, 9.17) is 9.72 Å². The third kappa shape index (κ3) is 5.55. The molecule has 8 rings (SSSR count). The van der Waals surface area contributed by atoms with Gasteiger partial charge in [0.1, 0.15) is 30.5 Å². The number of hydrogen-bond acceptors (Lipinski definition) is 8. The molecule has 14 heteroatoms. The molecule has 3 aliphatic heterocycles. The second-order valence-corrected chi connectivity index (χ2v) is 12.8. The number of aromatic amines is 2. The summed E-state index contributed by atoms with van der Waals surface area (Å²) in [5.41, 5.74) is 6.67. The van der Waals surface area contributed by atoms with Crippen molar-refractivity contribution in [2.75, 3.05) is 33.3 Å². The monoisotopic (exact) mass is 676 g/mol. The van der Waals surface area contributed by atoms with Crippen LogP contribution < -0.4 is 15.4 Å². The van der Waals surface area contributed by atoms with Gasteiger partial charge in [0.2, 0.25) is 18.2 Å². The first-order chi connectivity index (χ1) is 24.4. The van der Waals surface area contributed by atoms with Crippen molar-refractivity contribution < 1.29 is 28.7 Å². The highest BCUT2D eigenvalue weighted by molar-refractivity contribution is 6.07. The van der Waals surface area contributed by atoms with Gasteiger partial charge in [0.15, 0.2) is 0 Å². The van der Waals surface area contributed by atoms with Gasteiger partial charge in [-0.3, -0.25) is 14.4 Å². The first kappa shape index (κ1) is 31.4. The fourth-order valence-corrected chi connectivity index (χ4v) is 7.53. The highest BCUT2D eigenvalue weighted by atomic mass is 16.5. The number of nitrogens with zero attached hydrogens (tertiary/aromatic N) is 4. The van der Waals surface area contributed by atoms with E-state index in [0.29, 0.717) is 31.9 Å². The molecule has 14 nitrogen and oxygen atoms in total. The predicted octanol–water partition coefficient (Wildman–Crippen LogP) is 4.09. The Hall–Kier alpha value is -5.92. The standard InChI is InChI=1S/C36H36N8O6/c1-49-36(48)39-17-32(47)43-10-2-4-28(43)34-38-15-27(41-34)21-6-8-23-22(12-21)18-50-30-14-24-20(13-25(23)30)7-9-26-33(24)42-35(40-26)29-5-3-11-44(29)31(46)16-37-19-45/h6-9,12-15,19,28-29H,2-5,10-11,16-18H2,1H3,(H,37,45)(H,38,41)(H,39,48)(H,40,42). The summed E-state index contributed by atoms with van der Waals surface area (Å²) in [6, 6.07) is 14.2. The molecule has 2 atom stereocenters. The SMILES string of the molecule is COC(=O)NCC(=O)N1CCCC1c1ncc(-c2ccc3c(c2)COc2cc4c(ccc5[nH]c(C6CCCN6C(=O)CNC=O)nc54)cc2-3)[nH]1. The van der Waals surface area contributed by atoms with Crippen molar-refractivity contribution in [2.45, 2.75) is 44.4 Å². The molecule has 0 aliphatic carbocycles. The number of likely N-dealkylation sites (tertiary alicyclic amines) is 2. The second-order valence-electron chi connectivity index (χ2n) is 12.8. The average molecular weight is 677 g/mol. The fourth-order valence-electron chi connectivity index (χ4n) is 7.53. The van der Waals surface area contributed by atoms with Crippen molar-refractivity contribution in [3.05, 3.63) is 65.9 Å². The van der Waals surface area contributed by atoms with E-state index >= 15 is 0 Å². The maximum absolute atomic E-state index is 12.8. The molecule has 5 heterocycles. The number of hydrogen-bond donors (Lipinski definition) is 4. The third-order valence-corrected chi connectivity index (χ3v) is 9.96. The molecular weight excluding hydrogens is 640 g/mol. The van der Waals surface area contributed by atoms with E-state index in [1.807, 2.05) is 6.07 Å². The quantitative estimate of drug-likeness (QED) is 0.178. The molecule has 50 heavy (non-hydrogen) atoms. The highest BCUT2D eigenvalue weighted by Crippen LogP contribution is 2.43. The van der Waals surface area contributed by atoms with Crippen LogP contribution in [-0.2, 0) is 25.7 Å². The van der Waals surface area contributed by atoms with Gasteiger partial charge in [-0.05, 0) is 72.0 Å². The number of methoxy groups -OCH3 is 1. The summed E-state index contributed by atoms with van der Waals surface area (Å²) < 4.78 is 10.9. The van der Waals surface area contributed by atoms with Crippen molar-refractivity contribution in [3.8, 4) is 28.1 Å². The Morgan fingerprint density at radius 1 is 0.960 bits per heavy atom. The summed E-state index contributed by atoms with van der Waals surface area (Å²) in [6.45, 7) is 1.47. The smallest absolute Gasteiger partial charge is 0.407 e. The number of aromatic nitrogens is 4. The minimum absolute atomic E-state index is 0.0289. The Balaban J connectivity index is 1.04. The molecule has 4 N–H and O–H groups in total. The first-order valence-corrected chi connectivity index (χ1v) is 16.8. The molecule has 2 unspecified atom stereocenters. The van der Waals surface area contributed by atoms with Crippen molar-refractivity contribution in [1.82, 2.24) is 40.4 Å². The molecule has 0 spiro atoms. The molecule has 0 radical (unpaired) electrons. The van der Waals surface area contributed by atoms with Gasteiger partial charge in [-0.15, -0.1) is 0 Å². The summed E-state index contributed by atoms with van der Waals surface area (Å²) in [5.74, 6) is 1.93. The van der Waals surface area contributed by atoms with E-state index in [2.05, 4.69) is 66.7 Å². The first-order valence-electron chi connectivity index (χ1n) is 16.8. The van der Waals surface area contributed by atoms with Crippen LogP contribution in [0.3, 0.4) is 0 Å². The maximum atomic E-state index is 12.8. The zero-order valence-corrected chi connectivity index (χ0v) is 27.5. The number of carbonyl (C=O) groups is 4. The number of fused-ring (bicyclic) bond motifs is 6. The Morgan fingerprint density at radius 3 is 2.52 bits per heavy atom. The average Bonchev–Trinajstić information content (AvgIpc) is 3.97. The number of rotatable bonds is 8. The lowest BCUT2D eigenvalue weighted by molar-refractivity contribution is -0.132. The fraction of sp³-hybridized carbons (Fsp3) is 0.333. The molecule has 4 amide bonds. The van der Waals surface area contributed by atoms with Gasteiger partial charge in [0.25, 0.3) is 0 Å². The Kier molecular flexibility index (Phi) is 8.05. The highest BCUT2D eigenvalue weighted by Gasteiger charge is 2.33. The van der Waals surface area contributed by atoms with Crippen LogP contribution in [0.1, 0.15) is 55.0 Å². The van der Waals surface area contributed by atoms with Gasteiger partial charge in [0, 0.05) is 24.0 Å². The van der Waals surface area contributed by atoms with Gasteiger partial charge in [0.05, 0.1) is 48.7 Å². The molecule has 0 bridgehead atoms. The van der Waals surface area contributed by atoms with E-state index in [1.54, 1.807) is 16.0 Å². The van der Waals surface area contributed by atoms with Gasteiger partial charge < -0.3 is 39.9 Å². The van der Waals surface area contributed by atoms with Crippen LogP contribution in [0.2, 0.25) is 0 Å². The van der Waals surface area contributed by atoms with Crippen molar-refractivity contribution >= 4 is 46.1 Å². The number of benzene rings is 3. The van der Waals surface area contributed by atoms with Gasteiger partial charge >= 0.3 is 6.09 Å². The third-order valence-electron chi connectivity index (χ3n) is 9.96. The summed E-state index contributed by atoms with van der Waals surface area (Å²) >= 11 is 0. The number of amides is 4. The molecule has 2 saturated heterocycles. The Morgan fingerprint density at radius 2 is 1.74 bits per heavy atom. The second kappa shape index (κ2) is 12.8. The van der Waals surface area contributed by atoms with Crippen molar-refractivity contribution in [3.63, 3.8) is 0 Å². The minimum atomic E-state index is -0.640. The Bertz CT molecular complexity index is 2160. The largest absolute Gasteiger partial charge is 0.488 e. The molecule has 3 aromatic carbocycles. The lowest BCUT2D eigenvalue weighted by Crippen LogP contribution is -2.40. The van der Waals surface area contributed by atoms with Crippen LogP contribution in [0.15, 0.2) is 48.7 Å². The topological polar surface area (TPSA) is 175 Å². The summed E-state index contributed by atoms with van der Waals surface area (Å²) in [5, 5.41) is 6.93. The lowest BCUT2D eigenvalue weighted by atomic mass is 9.92. The molecule has 2 fully saturated rings. The molecule has 2 aromatic heterocycles. The van der Waals surface area contributed by atoms with Crippen LogP contribution in [0, 0.1) is 0 Å². The summed E-state index contributed by atoms with van der Waals surface area (Å²) in [7, 11) is 1.26. The molecule has 256 valence electrons. The van der Waals surface area contributed by atoms with Gasteiger partial charge in [-0.1, -0.05) is 18.2 Å². The molecule has 5 aromatic rings. The van der Waals surface area contributed by atoms with Crippen LogP contribution in [0.25, 0.3) is 44.2 Å². The lowest BCUT2D eigenvalue weighted by Gasteiger charge is -2.23. The summed E-state index contributed by atoms with van der Waals surface area (Å²) in [4.78, 5) is 67.8. The zero-order valence-electron chi connectivity index (χ0n) is 27.5. The number of H-pyrrole nitrogens is 2. The van der Waals surface area contributed by atoms with E-state index in [1.165, 1.54) is 7.11 Å². The van der Waals surface area contributed by atoms with Crippen LogP contribution in [0.4, 0.5) is 4.79 Å². The molecule has 3 aliphatic rings. The molecular formula is C36H36N8O6. The zero-order chi connectivity index (χ0) is 34.4. The van der Waals surface area contributed by atoms with E-state index < -0.39 is 6.09 Å². The number of carbonyl (C=O) groups excluding carboxylic acids is 4. The van der Waals surface area contributed by atoms with E-state index in [9.17, 15) is 19.2 Å². The van der Waals surface area contributed by atoms with Crippen LogP contribution >= 0.6 is 0 Å². The van der Waals surface area contributed by atoms with Crippen molar-refractivity contribution in [2.24, 2.45) is 0 Å². The normalized spacial score (nSPS) is 18.1. The van der Waals surface area contributed by atoms with Crippen LogP contribution in [-0.4, -0.2) is 87.3 Å². The number of ether oxygens (including phenoxy) is 2. The molecule has 0 saturated carbocycles. The number of nitrogens with one attached hydrogen (secondary N) is 4. The van der Waals surface area contributed by atoms with Crippen LogP contribution in [0.5, 0.6) is 5.75 Å². The summed E-state index contributed by atoms with van der Waals surface area (Å²) in [6.07, 6.45) is 5.00. The minimum Gasteiger partial charge on any atom is -0.488 e. The number of imidazole rings is 2. The van der Waals surface area contributed by atoms with E-state index in [-0.39, 0.29) is 37.0 Å². The van der Waals surface area contributed by atoms with Crippen molar-refractivity contribution in [1.29, 1.82) is 0 Å². The predicted molar refractivity (Wildman–Crippen MR) is 183 cm³/mol. The Labute approximate surface area is 286 Å². The number of alkyl carbamates (subject to hydrolysis) is 1. The van der Waals surface area contributed by atoms with E-state index in [0.717, 1.165) is 87.0 Å². The maximum Gasteiger partial charge on any atom is 0.407 e.